The fourth-order valence-corrected chi connectivity index (χ4v) is 2.61. The van der Waals surface area contributed by atoms with E-state index in [1.165, 1.54) is 0 Å². The highest BCUT2D eigenvalue weighted by Gasteiger charge is 2.50. The summed E-state index contributed by atoms with van der Waals surface area (Å²) in [6, 6.07) is -0.701. The van der Waals surface area contributed by atoms with Crippen LogP contribution in [0.3, 0.4) is 0 Å². The zero-order valence-corrected chi connectivity index (χ0v) is 15.1. The van der Waals surface area contributed by atoms with Gasteiger partial charge in [0.15, 0.2) is 6.23 Å². The largest absolute Gasteiger partial charge is 0.352 e. The van der Waals surface area contributed by atoms with Crippen molar-refractivity contribution < 1.29 is 9.47 Å². The van der Waals surface area contributed by atoms with E-state index >= 15 is 0 Å². The molecule has 6 heteroatoms. The standard InChI is InChI=1S/C16H34N4O2/c1-9(2)15(3,4)13-11(18)10(17)12(14(19-7)21-13)22-16(5,6)20-8/h9-14,20H,7,17-18H2,1-6,8H3. The molecule has 1 heterocycles. The quantitative estimate of drug-likeness (QED) is 0.504. The van der Waals surface area contributed by atoms with Gasteiger partial charge >= 0.3 is 0 Å². The first kappa shape index (κ1) is 19.5. The Hall–Kier alpha value is -0.530. The zero-order valence-electron chi connectivity index (χ0n) is 15.1. The van der Waals surface area contributed by atoms with Crippen LogP contribution in [-0.4, -0.2) is 50.0 Å². The number of nitrogens with two attached hydrogens (primary N) is 2. The topological polar surface area (TPSA) is 94.9 Å². The molecule has 0 spiro atoms. The first-order chi connectivity index (χ1) is 9.97. The highest BCUT2D eigenvalue weighted by atomic mass is 16.6. The fourth-order valence-electron chi connectivity index (χ4n) is 2.61. The molecule has 5 N–H and O–H groups in total. The van der Waals surface area contributed by atoms with Crippen LogP contribution >= 0.6 is 0 Å². The number of nitrogens with one attached hydrogen (secondary N) is 1. The van der Waals surface area contributed by atoms with E-state index in [2.05, 4.69) is 44.7 Å². The van der Waals surface area contributed by atoms with Crippen molar-refractivity contribution in [1.82, 2.24) is 5.32 Å². The van der Waals surface area contributed by atoms with Crippen LogP contribution in [-0.2, 0) is 9.47 Å². The number of nitrogens with zero attached hydrogens (tertiary/aromatic N) is 1. The van der Waals surface area contributed by atoms with Crippen molar-refractivity contribution in [2.24, 2.45) is 27.8 Å². The van der Waals surface area contributed by atoms with Crippen molar-refractivity contribution in [3.63, 3.8) is 0 Å². The van der Waals surface area contributed by atoms with Gasteiger partial charge in [-0.05, 0) is 38.9 Å². The van der Waals surface area contributed by atoms with Gasteiger partial charge in [0.05, 0.1) is 12.1 Å². The second kappa shape index (κ2) is 6.93. The second-order valence-electron chi connectivity index (χ2n) is 7.60. The van der Waals surface area contributed by atoms with Gasteiger partial charge < -0.3 is 20.9 Å². The van der Waals surface area contributed by atoms with E-state index in [1.807, 2.05) is 20.9 Å². The third-order valence-corrected chi connectivity index (χ3v) is 5.17. The normalized spacial score (nSPS) is 34.0. The molecule has 0 aromatic heterocycles. The van der Waals surface area contributed by atoms with E-state index in [9.17, 15) is 0 Å². The Morgan fingerprint density at radius 1 is 1.18 bits per heavy atom. The number of hydrogen-bond donors (Lipinski definition) is 3. The molecule has 1 aliphatic rings. The minimum absolute atomic E-state index is 0.122. The van der Waals surface area contributed by atoms with Gasteiger partial charge in [-0.2, -0.15) is 0 Å². The van der Waals surface area contributed by atoms with Crippen molar-refractivity contribution in [2.75, 3.05) is 7.05 Å². The molecule has 0 aromatic carbocycles. The maximum absolute atomic E-state index is 6.40. The molecule has 1 rings (SSSR count). The molecule has 0 aromatic rings. The number of aliphatic imine (C=N–C) groups is 1. The van der Waals surface area contributed by atoms with Gasteiger partial charge in [-0.1, -0.05) is 27.7 Å². The Labute approximate surface area is 135 Å². The van der Waals surface area contributed by atoms with Gasteiger partial charge in [0.2, 0.25) is 0 Å². The molecule has 1 saturated heterocycles. The molecule has 0 amide bonds. The van der Waals surface area contributed by atoms with Crippen LogP contribution in [0.4, 0.5) is 0 Å². The number of hydrogen-bond acceptors (Lipinski definition) is 6. The molecule has 1 fully saturated rings. The third kappa shape index (κ3) is 3.86. The van der Waals surface area contributed by atoms with Crippen LogP contribution in [0.15, 0.2) is 4.99 Å². The lowest BCUT2D eigenvalue weighted by Crippen LogP contribution is -2.69. The summed E-state index contributed by atoms with van der Waals surface area (Å²) >= 11 is 0. The Morgan fingerprint density at radius 3 is 2.14 bits per heavy atom. The van der Waals surface area contributed by atoms with Crippen LogP contribution < -0.4 is 16.8 Å². The monoisotopic (exact) mass is 314 g/mol. The molecule has 0 radical (unpaired) electrons. The molecule has 130 valence electrons. The van der Waals surface area contributed by atoms with E-state index in [4.69, 9.17) is 20.9 Å². The average Bonchev–Trinajstić information content (AvgIpc) is 2.43. The molecule has 5 unspecified atom stereocenters. The average molecular weight is 314 g/mol. The minimum atomic E-state index is -0.547. The summed E-state index contributed by atoms with van der Waals surface area (Å²) in [7, 11) is 1.83. The number of rotatable bonds is 6. The van der Waals surface area contributed by atoms with Gasteiger partial charge in [0.1, 0.15) is 11.8 Å². The summed E-state index contributed by atoms with van der Waals surface area (Å²) in [5.74, 6) is 0.396. The molecule has 0 saturated carbocycles. The van der Waals surface area contributed by atoms with Crippen molar-refractivity contribution in [3.8, 4) is 0 Å². The zero-order chi connectivity index (χ0) is 17.3. The fraction of sp³-hybridized carbons (Fsp3) is 0.938. The highest BCUT2D eigenvalue weighted by Crippen LogP contribution is 2.39. The summed E-state index contributed by atoms with van der Waals surface area (Å²) in [5.41, 5.74) is 12.1. The smallest absolute Gasteiger partial charge is 0.175 e. The Bertz CT molecular complexity index is 384. The van der Waals surface area contributed by atoms with Gasteiger partial charge in [-0.25, -0.2) is 0 Å². The predicted octanol–water partition coefficient (Wildman–Crippen LogP) is 1.09. The summed E-state index contributed by atoms with van der Waals surface area (Å²) in [6.45, 7) is 16.1. The number of ether oxygens (including phenoxy) is 2. The summed E-state index contributed by atoms with van der Waals surface area (Å²) < 4.78 is 12.2. The van der Waals surface area contributed by atoms with Gasteiger partial charge in [-0.3, -0.25) is 10.3 Å². The lowest BCUT2D eigenvalue weighted by atomic mass is 9.71. The van der Waals surface area contributed by atoms with Crippen molar-refractivity contribution in [1.29, 1.82) is 0 Å². The molecule has 6 nitrogen and oxygen atoms in total. The van der Waals surface area contributed by atoms with E-state index in [0.29, 0.717) is 5.92 Å². The lowest BCUT2D eigenvalue weighted by molar-refractivity contribution is -0.218. The van der Waals surface area contributed by atoms with Crippen LogP contribution in [0.1, 0.15) is 41.5 Å². The summed E-state index contributed by atoms with van der Waals surface area (Å²) in [6.07, 6.45) is -1.16. The molecule has 1 aliphatic heterocycles. The van der Waals surface area contributed by atoms with E-state index in [0.717, 1.165) is 0 Å². The third-order valence-electron chi connectivity index (χ3n) is 5.17. The molecular weight excluding hydrogens is 280 g/mol. The molecule has 5 atom stereocenters. The minimum Gasteiger partial charge on any atom is -0.352 e. The predicted molar refractivity (Wildman–Crippen MR) is 90.8 cm³/mol. The van der Waals surface area contributed by atoms with Crippen molar-refractivity contribution in [2.45, 2.75) is 77.8 Å². The Morgan fingerprint density at radius 2 is 1.73 bits per heavy atom. The maximum Gasteiger partial charge on any atom is 0.175 e. The SMILES string of the molecule is C=NC1OC(C(C)(C)C(C)C)C(N)C(N)C1OC(C)(C)NC. The van der Waals surface area contributed by atoms with Crippen LogP contribution in [0.2, 0.25) is 0 Å². The van der Waals surface area contributed by atoms with Gasteiger partial charge in [-0.15, -0.1) is 0 Å². The molecule has 0 aliphatic carbocycles. The summed E-state index contributed by atoms with van der Waals surface area (Å²) in [4.78, 5) is 4.09. The second-order valence-corrected chi connectivity index (χ2v) is 7.60. The van der Waals surface area contributed by atoms with Crippen LogP contribution in [0, 0.1) is 11.3 Å². The lowest BCUT2D eigenvalue weighted by Gasteiger charge is -2.50. The van der Waals surface area contributed by atoms with E-state index in [1.54, 1.807) is 0 Å². The Kier molecular flexibility index (Phi) is 6.14. The molecule has 22 heavy (non-hydrogen) atoms. The molecular formula is C16H34N4O2. The van der Waals surface area contributed by atoms with Crippen molar-refractivity contribution >= 4 is 6.72 Å². The van der Waals surface area contributed by atoms with E-state index in [-0.39, 0.29) is 23.6 Å². The van der Waals surface area contributed by atoms with Crippen molar-refractivity contribution in [3.05, 3.63) is 0 Å². The Balaban J connectivity index is 3.03. The highest BCUT2D eigenvalue weighted by molar-refractivity contribution is 5.24. The van der Waals surface area contributed by atoms with Crippen LogP contribution in [0.5, 0.6) is 0 Å². The molecule has 0 bridgehead atoms. The first-order valence-electron chi connectivity index (χ1n) is 7.97. The van der Waals surface area contributed by atoms with Gasteiger partial charge in [0.25, 0.3) is 0 Å². The maximum atomic E-state index is 6.40. The van der Waals surface area contributed by atoms with Crippen LogP contribution in [0.25, 0.3) is 0 Å². The summed E-state index contributed by atoms with van der Waals surface area (Å²) in [5, 5.41) is 3.09. The first-order valence-corrected chi connectivity index (χ1v) is 7.97. The van der Waals surface area contributed by atoms with E-state index < -0.39 is 18.1 Å². The van der Waals surface area contributed by atoms with Gasteiger partial charge in [0, 0.05) is 6.04 Å².